The highest BCUT2D eigenvalue weighted by molar-refractivity contribution is 5.68. The number of anilines is 2. The molecule has 1 aliphatic rings. The van der Waals surface area contributed by atoms with E-state index in [0.717, 1.165) is 32.2 Å². The van der Waals surface area contributed by atoms with Gasteiger partial charge in [0.15, 0.2) is 11.6 Å². The molecule has 0 aromatic heterocycles. The van der Waals surface area contributed by atoms with Gasteiger partial charge in [0.2, 0.25) is 0 Å². The van der Waals surface area contributed by atoms with Crippen LogP contribution < -0.4 is 15.8 Å². The minimum Gasteiger partial charge on any atom is -0.491 e. The SMILES string of the molecule is CCOc1cc(NCC2CCCC(O)C2)c(N)cc1F. The third-order valence-corrected chi connectivity index (χ3v) is 3.74. The van der Waals surface area contributed by atoms with Gasteiger partial charge < -0.3 is 20.9 Å². The van der Waals surface area contributed by atoms with E-state index in [-0.39, 0.29) is 11.9 Å². The van der Waals surface area contributed by atoms with E-state index in [0.29, 0.717) is 23.9 Å². The van der Waals surface area contributed by atoms with Crippen LogP contribution in [0.5, 0.6) is 5.75 Å². The van der Waals surface area contributed by atoms with E-state index in [4.69, 9.17) is 10.5 Å². The molecule has 0 heterocycles. The second kappa shape index (κ2) is 6.79. The molecule has 2 rings (SSSR count). The smallest absolute Gasteiger partial charge is 0.167 e. The normalized spacial score (nSPS) is 22.6. The van der Waals surface area contributed by atoms with Gasteiger partial charge in [-0.2, -0.15) is 0 Å². The van der Waals surface area contributed by atoms with E-state index in [1.54, 1.807) is 6.07 Å². The summed E-state index contributed by atoms with van der Waals surface area (Å²) in [6, 6.07) is 2.89. The Bertz CT molecular complexity index is 454. The largest absolute Gasteiger partial charge is 0.491 e. The first-order valence-electron chi connectivity index (χ1n) is 7.24. The maximum atomic E-state index is 13.6. The highest BCUT2D eigenvalue weighted by Crippen LogP contribution is 2.30. The predicted molar refractivity (Wildman–Crippen MR) is 78.4 cm³/mol. The summed E-state index contributed by atoms with van der Waals surface area (Å²) < 4.78 is 18.8. The monoisotopic (exact) mass is 282 g/mol. The zero-order valence-corrected chi connectivity index (χ0v) is 11.9. The minimum atomic E-state index is -0.442. The fourth-order valence-electron chi connectivity index (χ4n) is 2.69. The van der Waals surface area contributed by atoms with Crippen molar-refractivity contribution in [2.45, 2.75) is 38.7 Å². The molecule has 0 radical (unpaired) electrons. The predicted octanol–water partition coefficient (Wildman–Crippen LogP) is 2.77. The molecule has 0 spiro atoms. The Balaban J connectivity index is 1.99. The Morgan fingerprint density at radius 1 is 1.45 bits per heavy atom. The number of ether oxygens (including phenoxy) is 1. The molecule has 0 bridgehead atoms. The molecule has 4 nitrogen and oxygen atoms in total. The van der Waals surface area contributed by atoms with Gasteiger partial charge in [-0.3, -0.25) is 0 Å². The summed E-state index contributed by atoms with van der Waals surface area (Å²) in [5.41, 5.74) is 6.89. The quantitative estimate of drug-likeness (QED) is 0.726. The van der Waals surface area contributed by atoms with Gasteiger partial charge in [-0.05, 0) is 32.1 Å². The van der Waals surface area contributed by atoms with Crippen molar-refractivity contribution in [2.24, 2.45) is 5.92 Å². The summed E-state index contributed by atoms with van der Waals surface area (Å²) in [5, 5.41) is 12.9. The Labute approximate surface area is 119 Å². The van der Waals surface area contributed by atoms with E-state index < -0.39 is 5.82 Å². The lowest BCUT2D eigenvalue weighted by atomic mass is 9.87. The average Bonchev–Trinajstić information content (AvgIpc) is 2.41. The first kappa shape index (κ1) is 14.9. The Hall–Kier alpha value is -1.49. The van der Waals surface area contributed by atoms with Crippen molar-refractivity contribution in [3.63, 3.8) is 0 Å². The molecule has 2 atom stereocenters. The molecule has 1 aromatic rings. The molecule has 1 aromatic carbocycles. The van der Waals surface area contributed by atoms with E-state index in [9.17, 15) is 9.50 Å². The molecule has 4 N–H and O–H groups in total. The summed E-state index contributed by atoms with van der Waals surface area (Å²) >= 11 is 0. The maximum Gasteiger partial charge on any atom is 0.167 e. The zero-order chi connectivity index (χ0) is 14.5. The molecule has 1 saturated carbocycles. The molecule has 0 amide bonds. The number of hydrogen-bond donors (Lipinski definition) is 3. The second-order valence-electron chi connectivity index (χ2n) is 5.37. The topological polar surface area (TPSA) is 67.5 Å². The van der Waals surface area contributed by atoms with Crippen LogP contribution in [0.1, 0.15) is 32.6 Å². The minimum absolute atomic E-state index is 0.194. The molecular weight excluding hydrogens is 259 g/mol. The number of rotatable bonds is 5. The lowest BCUT2D eigenvalue weighted by Crippen LogP contribution is -2.25. The molecule has 112 valence electrons. The molecular formula is C15H23FN2O2. The highest BCUT2D eigenvalue weighted by Gasteiger charge is 2.20. The summed E-state index contributed by atoms with van der Waals surface area (Å²) in [4.78, 5) is 0. The van der Waals surface area contributed by atoms with Crippen LogP contribution >= 0.6 is 0 Å². The van der Waals surface area contributed by atoms with Crippen molar-refractivity contribution in [3.05, 3.63) is 17.9 Å². The van der Waals surface area contributed by atoms with Gasteiger partial charge in [-0.1, -0.05) is 6.42 Å². The number of halogens is 1. The Morgan fingerprint density at radius 2 is 2.25 bits per heavy atom. The lowest BCUT2D eigenvalue weighted by Gasteiger charge is -2.26. The van der Waals surface area contributed by atoms with E-state index >= 15 is 0 Å². The first-order chi connectivity index (χ1) is 9.60. The van der Waals surface area contributed by atoms with Gasteiger partial charge in [-0.25, -0.2) is 4.39 Å². The van der Waals surface area contributed by atoms with Gasteiger partial charge >= 0.3 is 0 Å². The molecule has 0 aliphatic heterocycles. The van der Waals surface area contributed by atoms with Crippen LogP contribution in [0.25, 0.3) is 0 Å². The number of nitrogens with one attached hydrogen (secondary N) is 1. The summed E-state index contributed by atoms with van der Waals surface area (Å²) in [5.74, 6) is 0.203. The van der Waals surface area contributed by atoms with Crippen molar-refractivity contribution < 1.29 is 14.2 Å². The third-order valence-electron chi connectivity index (χ3n) is 3.74. The maximum absolute atomic E-state index is 13.6. The average molecular weight is 282 g/mol. The van der Waals surface area contributed by atoms with Crippen molar-refractivity contribution >= 4 is 11.4 Å². The number of nitrogens with two attached hydrogens (primary N) is 1. The third kappa shape index (κ3) is 3.76. The van der Waals surface area contributed by atoms with Crippen LogP contribution in [0.2, 0.25) is 0 Å². The van der Waals surface area contributed by atoms with Gasteiger partial charge in [0.25, 0.3) is 0 Å². The van der Waals surface area contributed by atoms with Crippen LogP contribution in [0.4, 0.5) is 15.8 Å². The number of benzene rings is 1. The Morgan fingerprint density at radius 3 is 2.95 bits per heavy atom. The van der Waals surface area contributed by atoms with Crippen molar-refractivity contribution in [2.75, 3.05) is 24.2 Å². The number of aliphatic hydroxyl groups is 1. The molecule has 1 fully saturated rings. The van der Waals surface area contributed by atoms with Gasteiger partial charge in [0, 0.05) is 18.7 Å². The summed E-state index contributed by atoms with van der Waals surface area (Å²) in [6.07, 6.45) is 3.66. The highest BCUT2D eigenvalue weighted by atomic mass is 19.1. The second-order valence-corrected chi connectivity index (χ2v) is 5.37. The van der Waals surface area contributed by atoms with Gasteiger partial charge in [0.1, 0.15) is 0 Å². The molecule has 5 heteroatoms. The van der Waals surface area contributed by atoms with Crippen molar-refractivity contribution in [3.8, 4) is 5.75 Å². The van der Waals surface area contributed by atoms with Crippen LogP contribution in [0.15, 0.2) is 12.1 Å². The van der Waals surface area contributed by atoms with E-state index in [2.05, 4.69) is 5.32 Å². The number of nitrogen functional groups attached to an aromatic ring is 1. The van der Waals surface area contributed by atoms with E-state index in [1.165, 1.54) is 6.07 Å². The van der Waals surface area contributed by atoms with Crippen LogP contribution in [0, 0.1) is 11.7 Å². The van der Waals surface area contributed by atoms with E-state index in [1.807, 2.05) is 6.92 Å². The van der Waals surface area contributed by atoms with Gasteiger partial charge in [-0.15, -0.1) is 0 Å². The standard InChI is InChI=1S/C15H23FN2O2/c1-2-20-15-8-14(13(17)7-12(15)16)18-9-10-4-3-5-11(19)6-10/h7-8,10-11,18-19H,2-6,9,17H2,1H3. The van der Waals surface area contributed by atoms with Crippen LogP contribution in [-0.4, -0.2) is 24.4 Å². The van der Waals surface area contributed by atoms with Crippen molar-refractivity contribution in [1.29, 1.82) is 0 Å². The summed E-state index contributed by atoms with van der Waals surface area (Å²) in [6.45, 7) is 2.96. The Kier molecular flexibility index (Phi) is 5.06. The lowest BCUT2D eigenvalue weighted by molar-refractivity contribution is 0.105. The summed E-state index contributed by atoms with van der Waals surface area (Å²) in [7, 11) is 0. The fraction of sp³-hybridized carbons (Fsp3) is 0.600. The first-order valence-corrected chi connectivity index (χ1v) is 7.24. The number of hydrogen-bond acceptors (Lipinski definition) is 4. The zero-order valence-electron chi connectivity index (χ0n) is 11.9. The van der Waals surface area contributed by atoms with Gasteiger partial charge in [0.05, 0.1) is 24.1 Å². The molecule has 0 saturated heterocycles. The van der Waals surface area contributed by atoms with Crippen LogP contribution in [0.3, 0.4) is 0 Å². The van der Waals surface area contributed by atoms with Crippen LogP contribution in [-0.2, 0) is 0 Å². The molecule has 2 unspecified atom stereocenters. The van der Waals surface area contributed by atoms with Crippen molar-refractivity contribution in [1.82, 2.24) is 0 Å². The molecule has 1 aliphatic carbocycles. The number of aliphatic hydroxyl groups excluding tert-OH is 1. The fourth-order valence-corrected chi connectivity index (χ4v) is 2.69. The molecule has 20 heavy (non-hydrogen) atoms.